The van der Waals surface area contributed by atoms with Crippen LogP contribution >= 0.6 is 0 Å². The standard InChI is InChI=1S/C16H14N2O3/c1-20-13-7-12(8-14(9-13)21-2)16(19)18-15-6-4-3-5-11(15)10-17/h3-9H,1-2H3,(H,18,19). The minimum absolute atomic E-state index is 0.338. The fraction of sp³-hybridized carbons (Fsp3) is 0.125. The molecule has 2 rings (SSSR count). The number of anilines is 1. The molecule has 0 heterocycles. The van der Waals surface area contributed by atoms with E-state index in [0.29, 0.717) is 28.3 Å². The zero-order valence-corrected chi connectivity index (χ0v) is 11.7. The Morgan fingerprint density at radius 2 is 1.71 bits per heavy atom. The lowest BCUT2D eigenvalue weighted by Crippen LogP contribution is -2.13. The molecule has 0 atom stereocenters. The Bertz CT molecular complexity index is 683. The third-order valence-corrected chi connectivity index (χ3v) is 2.91. The van der Waals surface area contributed by atoms with E-state index in [1.165, 1.54) is 14.2 Å². The predicted octanol–water partition coefficient (Wildman–Crippen LogP) is 2.83. The first-order valence-electron chi connectivity index (χ1n) is 6.21. The van der Waals surface area contributed by atoms with Crippen molar-refractivity contribution in [3.8, 4) is 17.6 Å². The lowest BCUT2D eigenvalue weighted by atomic mass is 10.1. The smallest absolute Gasteiger partial charge is 0.255 e. The molecule has 0 aliphatic rings. The highest BCUT2D eigenvalue weighted by molar-refractivity contribution is 6.05. The predicted molar refractivity (Wildman–Crippen MR) is 78.7 cm³/mol. The van der Waals surface area contributed by atoms with Crippen LogP contribution in [0.15, 0.2) is 42.5 Å². The van der Waals surface area contributed by atoms with Crippen molar-refractivity contribution in [2.75, 3.05) is 19.5 Å². The van der Waals surface area contributed by atoms with Crippen molar-refractivity contribution < 1.29 is 14.3 Å². The van der Waals surface area contributed by atoms with Gasteiger partial charge in [-0.15, -0.1) is 0 Å². The Hall–Kier alpha value is -3.00. The SMILES string of the molecule is COc1cc(OC)cc(C(=O)Nc2ccccc2C#N)c1. The van der Waals surface area contributed by atoms with Crippen LogP contribution in [0, 0.1) is 11.3 Å². The number of rotatable bonds is 4. The van der Waals surface area contributed by atoms with Gasteiger partial charge in [-0.3, -0.25) is 4.79 Å². The average molecular weight is 282 g/mol. The minimum Gasteiger partial charge on any atom is -0.497 e. The molecule has 2 aromatic rings. The molecular formula is C16H14N2O3. The molecule has 106 valence electrons. The van der Waals surface area contributed by atoms with Crippen LogP contribution in [-0.2, 0) is 0 Å². The van der Waals surface area contributed by atoms with Gasteiger partial charge in [0.15, 0.2) is 0 Å². The fourth-order valence-electron chi connectivity index (χ4n) is 1.82. The number of benzene rings is 2. The maximum atomic E-state index is 12.3. The van der Waals surface area contributed by atoms with E-state index < -0.39 is 0 Å². The molecule has 0 radical (unpaired) electrons. The number of amides is 1. The van der Waals surface area contributed by atoms with Gasteiger partial charge in [0.1, 0.15) is 17.6 Å². The molecular weight excluding hydrogens is 268 g/mol. The maximum Gasteiger partial charge on any atom is 0.255 e. The van der Waals surface area contributed by atoms with Crippen LogP contribution in [0.3, 0.4) is 0 Å². The highest BCUT2D eigenvalue weighted by Gasteiger charge is 2.11. The van der Waals surface area contributed by atoms with Gasteiger partial charge in [0.25, 0.3) is 5.91 Å². The van der Waals surface area contributed by atoms with Crippen molar-refractivity contribution >= 4 is 11.6 Å². The summed E-state index contributed by atoms with van der Waals surface area (Å²) in [6.07, 6.45) is 0. The van der Waals surface area contributed by atoms with Gasteiger partial charge in [0.05, 0.1) is 25.5 Å². The summed E-state index contributed by atoms with van der Waals surface area (Å²) < 4.78 is 10.3. The molecule has 21 heavy (non-hydrogen) atoms. The minimum atomic E-state index is -0.338. The van der Waals surface area contributed by atoms with Crippen molar-refractivity contribution in [3.05, 3.63) is 53.6 Å². The summed E-state index contributed by atoms with van der Waals surface area (Å²) in [5.41, 5.74) is 1.26. The number of nitriles is 1. The highest BCUT2D eigenvalue weighted by atomic mass is 16.5. The van der Waals surface area contributed by atoms with Crippen molar-refractivity contribution in [1.82, 2.24) is 0 Å². The van der Waals surface area contributed by atoms with E-state index >= 15 is 0 Å². The molecule has 0 saturated heterocycles. The molecule has 0 spiro atoms. The van der Waals surface area contributed by atoms with E-state index in [-0.39, 0.29) is 5.91 Å². The fourth-order valence-corrected chi connectivity index (χ4v) is 1.82. The Morgan fingerprint density at radius 1 is 1.10 bits per heavy atom. The van der Waals surface area contributed by atoms with Crippen LogP contribution < -0.4 is 14.8 Å². The molecule has 0 aliphatic heterocycles. The summed E-state index contributed by atoms with van der Waals surface area (Å²) in [6.45, 7) is 0. The number of carbonyl (C=O) groups excluding carboxylic acids is 1. The first-order chi connectivity index (χ1) is 10.2. The van der Waals surface area contributed by atoms with E-state index in [0.717, 1.165) is 0 Å². The number of methoxy groups -OCH3 is 2. The highest BCUT2D eigenvalue weighted by Crippen LogP contribution is 2.23. The topological polar surface area (TPSA) is 71.3 Å². The summed E-state index contributed by atoms with van der Waals surface area (Å²) in [5, 5.41) is 11.7. The normalized spacial score (nSPS) is 9.57. The Morgan fingerprint density at radius 3 is 2.29 bits per heavy atom. The quantitative estimate of drug-likeness (QED) is 0.936. The lowest BCUT2D eigenvalue weighted by Gasteiger charge is -2.10. The molecule has 5 heteroatoms. The first kappa shape index (κ1) is 14.4. The number of hydrogen-bond donors (Lipinski definition) is 1. The number of para-hydroxylation sites is 1. The van der Waals surface area contributed by atoms with Crippen molar-refractivity contribution in [1.29, 1.82) is 5.26 Å². The molecule has 0 aliphatic carbocycles. The summed E-state index contributed by atoms with van der Waals surface area (Å²) in [5.74, 6) is 0.705. The summed E-state index contributed by atoms with van der Waals surface area (Å²) >= 11 is 0. The monoisotopic (exact) mass is 282 g/mol. The molecule has 5 nitrogen and oxygen atoms in total. The van der Waals surface area contributed by atoms with Gasteiger partial charge >= 0.3 is 0 Å². The van der Waals surface area contributed by atoms with Gasteiger partial charge in [-0.1, -0.05) is 12.1 Å². The molecule has 1 N–H and O–H groups in total. The van der Waals surface area contributed by atoms with E-state index in [4.69, 9.17) is 14.7 Å². The molecule has 0 aromatic heterocycles. The first-order valence-corrected chi connectivity index (χ1v) is 6.21. The summed E-state index contributed by atoms with van der Waals surface area (Å²) in [7, 11) is 3.03. The number of nitrogens with zero attached hydrogens (tertiary/aromatic N) is 1. The second-order valence-corrected chi connectivity index (χ2v) is 4.21. The number of ether oxygens (including phenoxy) is 2. The molecule has 0 saturated carbocycles. The van der Waals surface area contributed by atoms with Gasteiger partial charge in [-0.2, -0.15) is 5.26 Å². The van der Waals surface area contributed by atoms with Gasteiger partial charge in [0, 0.05) is 11.6 Å². The van der Waals surface area contributed by atoms with Crippen LogP contribution in [0.4, 0.5) is 5.69 Å². The van der Waals surface area contributed by atoms with Crippen LogP contribution in [0.5, 0.6) is 11.5 Å². The third kappa shape index (κ3) is 3.31. The molecule has 0 unspecified atom stereocenters. The van der Waals surface area contributed by atoms with E-state index in [2.05, 4.69) is 5.32 Å². The van der Waals surface area contributed by atoms with Crippen molar-refractivity contribution in [2.45, 2.75) is 0 Å². The van der Waals surface area contributed by atoms with Gasteiger partial charge in [-0.25, -0.2) is 0 Å². The number of nitrogens with one attached hydrogen (secondary N) is 1. The molecule has 0 bridgehead atoms. The third-order valence-electron chi connectivity index (χ3n) is 2.91. The molecule has 2 aromatic carbocycles. The Balaban J connectivity index is 2.30. The van der Waals surface area contributed by atoms with Gasteiger partial charge < -0.3 is 14.8 Å². The lowest BCUT2D eigenvalue weighted by molar-refractivity contribution is 0.102. The van der Waals surface area contributed by atoms with E-state index in [1.807, 2.05) is 6.07 Å². The second kappa shape index (κ2) is 6.44. The molecule has 0 fully saturated rings. The number of carbonyl (C=O) groups is 1. The van der Waals surface area contributed by atoms with Crippen LogP contribution in [-0.4, -0.2) is 20.1 Å². The average Bonchev–Trinajstić information content (AvgIpc) is 2.54. The summed E-state index contributed by atoms with van der Waals surface area (Å²) in [4.78, 5) is 12.3. The second-order valence-electron chi connectivity index (χ2n) is 4.21. The van der Waals surface area contributed by atoms with E-state index in [9.17, 15) is 4.79 Å². The van der Waals surface area contributed by atoms with Crippen LogP contribution in [0.2, 0.25) is 0 Å². The van der Waals surface area contributed by atoms with Gasteiger partial charge in [-0.05, 0) is 24.3 Å². The van der Waals surface area contributed by atoms with Crippen LogP contribution in [0.1, 0.15) is 15.9 Å². The maximum absolute atomic E-state index is 12.3. The van der Waals surface area contributed by atoms with Crippen molar-refractivity contribution in [2.24, 2.45) is 0 Å². The van der Waals surface area contributed by atoms with Gasteiger partial charge in [0.2, 0.25) is 0 Å². The largest absolute Gasteiger partial charge is 0.497 e. The van der Waals surface area contributed by atoms with Crippen molar-refractivity contribution in [3.63, 3.8) is 0 Å². The Labute approximate surface area is 122 Å². The molecule has 1 amide bonds. The summed E-state index contributed by atoms with van der Waals surface area (Å²) in [6, 6.07) is 13.7. The zero-order valence-electron chi connectivity index (χ0n) is 11.7. The van der Waals surface area contributed by atoms with Crippen LogP contribution in [0.25, 0.3) is 0 Å². The zero-order chi connectivity index (χ0) is 15.2. The van der Waals surface area contributed by atoms with E-state index in [1.54, 1.807) is 42.5 Å². The Kier molecular flexibility index (Phi) is 4.42. The number of hydrogen-bond acceptors (Lipinski definition) is 4.